The Bertz CT molecular complexity index is 1290. The van der Waals surface area contributed by atoms with Crippen LogP contribution in [0, 0.1) is 11.7 Å². The standard InChI is InChI=1S/C21H19FN4O6S/c22-15-4-6-16(7-5-15)33(28,29)26-9-1-2-14(11-26)19(27)23-21-25-24-20(32-21)13-3-8-17-18(10-13)31-12-30-17/h3-8,10,14H,1-2,9,11-12H2,(H,23,25,27). The molecule has 1 amide bonds. The highest BCUT2D eigenvalue weighted by Crippen LogP contribution is 2.35. The van der Waals surface area contributed by atoms with Crippen LogP contribution in [-0.4, -0.2) is 48.7 Å². The number of sulfonamides is 1. The smallest absolute Gasteiger partial charge is 0.322 e. The summed E-state index contributed by atoms with van der Waals surface area (Å²) >= 11 is 0. The van der Waals surface area contributed by atoms with Crippen LogP contribution in [0.1, 0.15) is 12.8 Å². The SMILES string of the molecule is O=C(Nc1nnc(-c2ccc3c(c2)OCO3)o1)C1CCCN(S(=O)(=O)c2ccc(F)cc2)C1. The van der Waals surface area contributed by atoms with Crippen molar-refractivity contribution in [3.05, 3.63) is 48.3 Å². The Morgan fingerprint density at radius 1 is 1.09 bits per heavy atom. The lowest BCUT2D eigenvalue weighted by atomic mass is 9.99. The van der Waals surface area contributed by atoms with Gasteiger partial charge in [-0.3, -0.25) is 10.1 Å². The Balaban J connectivity index is 1.26. The lowest BCUT2D eigenvalue weighted by Gasteiger charge is -2.30. The molecule has 1 atom stereocenters. The first kappa shape index (κ1) is 21.3. The van der Waals surface area contributed by atoms with Crippen molar-refractivity contribution in [1.29, 1.82) is 0 Å². The van der Waals surface area contributed by atoms with E-state index in [0.29, 0.717) is 29.9 Å². The molecule has 2 aliphatic heterocycles. The van der Waals surface area contributed by atoms with Crippen LogP contribution in [0.15, 0.2) is 51.8 Å². The number of benzene rings is 2. The molecule has 0 bridgehead atoms. The van der Waals surface area contributed by atoms with E-state index in [4.69, 9.17) is 13.9 Å². The molecule has 172 valence electrons. The molecule has 2 aliphatic rings. The number of amides is 1. The molecule has 12 heteroatoms. The zero-order valence-corrected chi connectivity index (χ0v) is 18.0. The second kappa shape index (κ2) is 8.45. The fraction of sp³-hybridized carbons (Fsp3) is 0.286. The lowest BCUT2D eigenvalue weighted by molar-refractivity contribution is -0.121. The van der Waals surface area contributed by atoms with E-state index in [9.17, 15) is 17.6 Å². The number of nitrogens with one attached hydrogen (secondary N) is 1. The molecule has 5 rings (SSSR count). The Morgan fingerprint density at radius 2 is 1.88 bits per heavy atom. The summed E-state index contributed by atoms with van der Waals surface area (Å²) in [5.74, 6) is -0.188. The van der Waals surface area contributed by atoms with Gasteiger partial charge < -0.3 is 13.9 Å². The van der Waals surface area contributed by atoms with Crippen LogP contribution >= 0.6 is 0 Å². The maximum atomic E-state index is 13.2. The number of rotatable bonds is 5. The van der Waals surface area contributed by atoms with Gasteiger partial charge in [-0.25, -0.2) is 12.8 Å². The third-order valence-electron chi connectivity index (χ3n) is 5.48. The topological polar surface area (TPSA) is 124 Å². The molecule has 1 unspecified atom stereocenters. The zero-order valence-electron chi connectivity index (χ0n) is 17.2. The highest BCUT2D eigenvalue weighted by atomic mass is 32.2. The number of hydrogen-bond donors (Lipinski definition) is 1. The van der Waals surface area contributed by atoms with E-state index >= 15 is 0 Å². The first-order chi connectivity index (χ1) is 15.9. The number of nitrogens with zero attached hydrogens (tertiary/aromatic N) is 3. The molecule has 10 nitrogen and oxygen atoms in total. The molecule has 1 saturated heterocycles. The predicted octanol–water partition coefficient (Wildman–Crippen LogP) is 2.64. The average molecular weight is 474 g/mol. The Kier molecular flexibility index (Phi) is 5.46. The van der Waals surface area contributed by atoms with Gasteiger partial charge in [0.15, 0.2) is 11.5 Å². The van der Waals surface area contributed by atoms with Gasteiger partial charge in [-0.05, 0) is 55.3 Å². The maximum Gasteiger partial charge on any atom is 0.322 e. The molecule has 0 saturated carbocycles. The van der Waals surface area contributed by atoms with Crippen LogP contribution < -0.4 is 14.8 Å². The summed E-state index contributed by atoms with van der Waals surface area (Å²) in [6.07, 6.45) is 1.01. The number of carbonyl (C=O) groups excluding carboxylic acids is 1. The van der Waals surface area contributed by atoms with Crippen molar-refractivity contribution in [1.82, 2.24) is 14.5 Å². The van der Waals surface area contributed by atoms with Crippen molar-refractivity contribution in [3.63, 3.8) is 0 Å². The minimum Gasteiger partial charge on any atom is -0.454 e. The first-order valence-corrected chi connectivity index (χ1v) is 11.6. The molecule has 1 fully saturated rings. The number of fused-ring (bicyclic) bond motifs is 1. The number of hydrogen-bond acceptors (Lipinski definition) is 8. The number of halogens is 1. The van der Waals surface area contributed by atoms with Gasteiger partial charge in [0.2, 0.25) is 28.6 Å². The number of ether oxygens (including phenoxy) is 2. The van der Waals surface area contributed by atoms with Crippen molar-refractivity contribution in [2.24, 2.45) is 5.92 Å². The molecule has 2 aromatic carbocycles. The van der Waals surface area contributed by atoms with E-state index in [0.717, 1.165) is 12.1 Å². The minimum absolute atomic E-state index is 0.00526. The van der Waals surface area contributed by atoms with Gasteiger partial charge in [0.05, 0.1) is 10.8 Å². The summed E-state index contributed by atoms with van der Waals surface area (Å²) in [7, 11) is -3.84. The summed E-state index contributed by atoms with van der Waals surface area (Å²) in [6.45, 7) is 0.409. The molecular formula is C21H19FN4O6S. The third kappa shape index (κ3) is 4.26. The number of aromatic nitrogens is 2. The lowest BCUT2D eigenvalue weighted by Crippen LogP contribution is -2.43. The largest absolute Gasteiger partial charge is 0.454 e. The van der Waals surface area contributed by atoms with Gasteiger partial charge in [0.1, 0.15) is 5.82 Å². The Morgan fingerprint density at radius 3 is 2.70 bits per heavy atom. The number of piperidine rings is 1. The van der Waals surface area contributed by atoms with E-state index in [1.165, 1.54) is 16.4 Å². The fourth-order valence-corrected chi connectivity index (χ4v) is 5.28. The highest BCUT2D eigenvalue weighted by Gasteiger charge is 2.34. The predicted molar refractivity (Wildman–Crippen MR) is 112 cm³/mol. The van der Waals surface area contributed by atoms with Crippen LogP contribution in [0.3, 0.4) is 0 Å². The molecule has 0 aliphatic carbocycles. The van der Waals surface area contributed by atoms with Gasteiger partial charge in [0.25, 0.3) is 0 Å². The molecule has 0 radical (unpaired) electrons. The van der Waals surface area contributed by atoms with Crippen molar-refractivity contribution in [3.8, 4) is 23.0 Å². The van der Waals surface area contributed by atoms with Crippen molar-refractivity contribution >= 4 is 21.9 Å². The summed E-state index contributed by atoms with van der Waals surface area (Å²) in [4.78, 5) is 12.8. The zero-order chi connectivity index (χ0) is 23.0. The van der Waals surface area contributed by atoms with Gasteiger partial charge in [0, 0.05) is 18.7 Å². The number of carbonyl (C=O) groups is 1. The fourth-order valence-electron chi connectivity index (χ4n) is 3.76. The Labute approximate surface area is 188 Å². The van der Waals surface area contributed by atoms with Crippen molar-refractivity contribution in [2.45, 2.75) is 17.7 Å². The number of anilines is 1. The second-order valence-corrected chi connectivity index (χ2v) is 9.56. The molecule has 3 aromatic rings. The van der Waals surface area contributed by atoms with E-state index < -0.39 is 27.7 Å². The third-order valence-corrected chi connectivity index (χ3v) is 7.36. The quantitative estimate of drug-likeness (QED) is 0.599. The van der Waals surface area contributed by atoms with E-state index in [2.05, 4.69) is 15.5 Å². The monoisotopic (exact) mass is 474 g/mol. The summed E-state index contributed by atoms with van der Waals surface area (Å²) < 4.78 is 56.3. The first-order valence-electron chi connectivity index (χ1n) is 10.2. The highest BCUT2D eigenvalue weighted by molar-refractivity contribution is 7.89. The van der Waals surface area contributed by atoms with Gasteiger partial charge in [-0.1, -0.05) is 5.10 Å². The summed E-state index contributed by atoms with van der Waals surface area (Å²) in [6, 6.07) is 9.66. The van der Waals surface area contributed by atoms with E-state index in [1.54, 1.807) is 18.2 Å². The van der Waals surface area contributed by atoms with Gasteiger partial charge in [-0.2, -0.15) is 4.31 Å². The minimum atomic E-state index is -3.84. The maximum absolute atomic E-state index is 13.2. The molecular weight excluding hydrogens is 455 g/mol. The van der Waals surface area contributed by atoms with Gasteiger partial charge in [-0.15, -0.1) is 5.10 Å². The van der Waals surface area contributed by atoms with Crippen LogP contribution in [0.2, 0.25) is 0 Å². The van der Waals surface area contributed by atoms with Crippen LogP contribution in [0.5, 0.6) is 11.5 Å². The molecule has 3 heterocycles. The Hall–Kier alpha value is -3.51. The van der Waals surface area contributed by atoms with Crippen LogP contribution in [0.25, 0.3) is 11.5 Å². The van der Waals surface area contributed by atoms with Gasteiger partial charge >= 0.3 is 6.01 Å². The van der Waals surface area contributed by atoms with Crippen molar-refractivity contribution in [2.75, 3.05) is 25.2 Å². The van der Waals surface area contributed by atoms with E-state index in [-0.39, 0.29) is 36.7 Å². The van der Waals surface area contributed by atoms with E-state index in [1.807, 2.05) is 0 Å². The molecule has 33 heavy (non-hydrogen) atoms. The molecule has 1 N–H and O–H groups in total. The van der Waals surface area contributed by atoms with Crippen LogP contribution in [0.4, 0.5) is 10.4 Å². The normalized spacial score (nSPS) is 18.3. The summed E-state index contributed by atoms with van der Waals surface area (Å²) in [5, 5.41) is 10.4. The molecule has 1 aromatic heterocycles. The molecule has 0 spiro atoms. The second-order valence-electron chi connectivity index (χ2n) is 7.63. The summed E-state index contributed by atoms with van der Waals surface area (Å²) in [5.41, 5.74) is 0.599. The van der Waals surface area contributed by atoms with Crippen molar-refractivity contribution < 1.29 is 31.5 Å². The average Bonchev–Trinajstić information content (AvgIpc) is 3.48. The van der Waals surface area contributed by atoms with Crippen LogP contribution in [-0.2, 0) is 14.8 Å².